The number of allylic oxidation sites excluding steroid dienone is 1. The summed E-state index contributed by atoms with van der Waals surface area (Å²) in [5, 5.41) is 9.21. The molecule has 0 saturated heterocycles. The predicted molar refractivity (Wildman–Crippen MR) is 134 cm³/mol. The molecular weight excluding hydrogens is 552 g/mol. The Bertz CT molecular complexity index is 1310. The maximum absolute atomic E-state index is 12.3. The van der Waals surface area contributed by atoms with Crippen LogP contribution in [0.15, 0.2) is 51.2 Å². The summed E-state index contributed by atoms with van der Waals surface area (Å²) in [6.45, 7) is 1.42. The second-order valence-electron chi connectivity index (χ2n) is 7.78. The Morgan fingerprint density at radius 2 is 1.95 bits per heavy atom. The number of nitrogens with one attached hydrogen (secondary N) is 3. The smallest absolute Gasteiger partial charge is 0.337 e. The first-order valence-corrected chi connectivity index (χ1v) is 11.7. The largest absolute Gasteiger partial charge is 0.493 e. The standard InChI is InChI=1S/C24H23BrN4O8/c1-12-21(23(31)34-3)22(28-24(32)27-12)13-4-5-16(17(6-13)33-2)35-10-20(30)29-26-9-14-7-18-19(8-15(14)25)37-11-36-18/h4-9,22H,10-11H2,1-3H3,(H,29,30)(H2,27,28,32)/b26-9-/t22-/m1/s1. The summed E-state index contributed by atoms with van der Waals surface area (Å²) in [6.07, 6.45) is 1.46. The van der Waals surface area contributed by atoms with Crippen molar-refractivity contribution in [2.75, 3.05) is 27.6 Å². The minimum Gasteiger partial charge on any atom is -0.493 e. The first kappa shape index (κ1) is 25.8. The van der Waals surface area contributed by atoms with E-state index in [0.29, 0.717) is 34.1 Å². The van der Waals surface area contributed by atoms with Gasteiger partial charge in [-0.1, -0.05) is 6.07 Å². The van der Waals surface area contributed by atoms with Crippen LogP contribution in [0.1, 0.15) is 24.1 Å². The van der Waals surface area contributed by atoms with Crippen LogP contribution in [0.3, 0.4) is 0 Å². The number of halogens is 1. The molecule has 2 heterocycles. The molecule has 3 amide bonds. The topological polar surface area (TPSA) is 146 Å². The van der Waals surface area contributed by atoms with E-state index in [-0.39, 0.29) is 24.7 Å². The lowest BCUT2D eigenvalue weighted by Gasteiger charge is -2.28. The average molecular weight is 575 g/mol. The van der Waals surface area contributed by atoms with Gasteiger partial charge in [-0.05, 0) is 52.7 Å². The Morgan fingerprint density at radius 1 is 1.19 bits per heavy atom. The van der Waals surface area contributed by atoms with Gasteiger partial charge in [-0.3, -0.25) is 4.79 Å². The summed E-state index contributed by atoms with van der Waals surface area (Å²) in [6, 6.07) is 7.10. The van der Waals surface area contributed by atoms with E-state index in [1.807, 2.05) is 0 Å². The molecule has 0 spiro atoms. The highest BCUT2D eigenvalue weighted by molar-refractivity contribution is 9.10. The lowest BCUT2D eigenvalue weighted by atomic mass is 9.95. The van der Waals surface area contributed by atoms with E-state index in [2.05, 4.69) is 37.1 Å². The summed E-state index contributed by atoms with van der Waals surface area (Å²) in [5.74, 6) is 0.702. The fourth-order valence-corrected chi connectivity index (χ4v) is 4.11. The van der Waals surface area contributed by atoms with Crippen molar-refractivity contribution in [1.82, 2.24) is 16.1 Å². The first-order valence-electron chi connectivity index (χ1n) is 10.9. The number of carbonyl (C=O) groups is 3. The highest BCUT2D eigenvalue weighted by atomic mass is 79.9. The van der Waals surface area contributed by atoms with Crippen molar-refractivity contribution in [2.45, 2.75) is 13.0 Å². The van der Waals surface area contributed by atoms with E-state index in [0.717, 1.165) is 4.47 Å². The van der Waals surface area contributed by atoms with Gasteiger partial charge in [0, 0.05) is 15.7 Å². The van der Waals surface area contributed by atoms with Crippen molar-refractivity contribution < 1.29 is 38.1 Å². The normalized spacial score (nSPS) is 16.2. The molecule has 194 valence electrons. The van der Waals surface area contributed by atoms with Gasteiger partial charge >= 0.3 is 12.0 Å². The number of rotatable bonds is 8. The molecule has 2 aromatic carbocycles. The van der Waals surface area contributed by atoms with Gasteiger partial charge in [0.05, 0.1) is 32.0 Å². The number of carbonyl (C=O) groups excluding carboxylic acids is 3. The van der Waals surface area contributed by atoms with Crippen molar-refractivity contribution in [2.24, 2.45) is 5.10 Å². The van der Waals surface area contributed by atoms with Crippen molar-refractivity contribution in [3.8, 4) is 23.0 Å². The Hall–Kier alpha value is -4.26. The molecule has 0 aromatic heterocycles. The minimum absolute atomic E-state index is 0.149. The van der Waals surface area contributed by atoms with Gasteiger partial charge in [-0.2, -0.15) is 5.10 Å². The average Bonchev–Trinajstić information content (AvgIpc) is 3.33. The molecule has 0 fully saturated rings. The molecule has 0 bridgehead atoms. The number of urea groups is 1. The van der Waals surface area contributed by atoms with Crippen LogP contribution < -0.4 is 35.0 Å². The summed E-state index contributed by atoms with van der Waals surface area (Å²) in [7, 11) is 2.69. The number of ether oxygens (including phenoxy) is 5. The SMILES string of the molecule is COC(=O)C1=C(C)NC(=O)N[C@@H]1c1ccc(OCC(=O)N/N=C\c2cc3c(cc2Br)OCO3)c(OC)c1. The zero-order chi connectivity index (χ0) is 26.5. The summed E-state index contributed by atoms with van der Waals surface area (Å²) in [5.41, 5.74) is 4.27. The van der Waals surface area contributed by atoms with E-state index < -0.39 is 23.9 Å². The molecule has 3 N–H and O–H groups in total. The van der Waals surface area contributed by atoms with Crippen LogP contribution in [0.25, 0.3) is 0 Å². The fourth-order valence-electron chi connectivity index (χ4n) is 3.69. The van der Waals surface area contributed by atoms with E-state index >= 15 is 0 Å². The Balaban J connectivity index is 1.41. The van der Waals surface area contributed by atoms with E-state index in [1.165, 1.54) is 20.4 Å². The van der Waals surface area contributed by atoms with Gasteiger partial charge in [0.2, 0.25) is 6.79 Å². The van der Waals surface area contributed by atoms with Crippen LogP contribution >= 0.6 is 15.9 Å². The van der Waals surface area contributed by atoms with E-state index in [9.17, 15) is 14.4 Å². The Labute approximate surface area is 220 Å². The highest BCUT2D eigenvalue weighted by Gasteiger charge is 2.32. The maximum atomic E-state index is 12.3. The molecule has 2 aliphatic heterocycles. The van der Waals surface area contributed by atoms with Crippen LogP contribution in [0.5, 0.6) is 23.0 Å². The third-order valence-electron chi connectivity index (χ3n) is 5.44. The third-order valence-corrected chi connectivity index (χ3v) is 6.13. The third kappa shape index (κ3) is 5.77. The molecule has 0 unspecified atom stereocenters. The van der Waals surface area contributed by atoms with Gasteiger partial charge in [-0.15, -0.1) is 0 Å². The van der Waals surface area contributed by atoms with Gasteiger partial charge in [0.15, 0.2) is 29.6 Å². The van der Waals surface area contributed by atoms with Gasteiger partial charge < -0.3 is 34.3 Å². The number of hydrogen-bond donors (Lipinski definition) is 3. The molecule has 0 radical (unpaired) electrons. The number of methoxy groups -OCH3 is 2. The van der Waals surface area contributed by atoms with Crippen LogP contribution in [0.4, 0.5) is 4.79 Å². The van der Waals surface area contributed by atoms with Crippen LogP contribution in [0.2, 0.25) is 0 Å². The molecule has 0 saturated carbocycles. The lowest BCUT2D eigenvalue weighted by molar-refractivity contribution is -0.136. The van der Waals surface area contributed by atoms with Crippen molar-refractivity contribution in [3.05, 3.63) is 57.2 Å². The van der Waals surface area contributed by atoms with Crippen molar-refractivity contribution >= 4 is 40.1 Å². The molecular formula is C24H23BrN4O8. The van der Waals surface area contributed by atoms with Gasteiger partial charge in [0.25, 0.3) is 5.91 Å². The lowest BCUT2D eigenvalue weighted by Crippen LogP contribution is -2.45. The first-order chi connectivity index (χ1) is 17.8. The van der Waals surface area contributed by atoms with Gasteiger partial charge in [0.1, 0.15) is 0 Å². The molecule has 4 rings (SSSR count). The van der Waals surface area contributed by atoms with Gasteiger partial charge in [-0.25, -0.2) is 15.0 Å². The van der Waals surface area contributed by atoms with E-state index in [1.54, 1.807) is 37.3 Å². The molecule has 0 aliphatic carbocycles. The minimum atomic E-state index is -0.766. The molecule has 2 aliphatic rings. The second-order valence-corrected chi connectivity index (χ2v) is 8.64. The Kier molecular flexibility index (Phi) is 7.82. The summed E-state index contributed by atoms with van der Waals surface area (Å²) >= 11 is 3.42. The van der Waals surface area contributed by atoms with Crippen LogP contribution in [0, 0.1) is 0 Å². The fraction of sp³-hybridized carbons (Fsp3) is 0.250. The highest BCUT2D eigenvalue weighted by Crippen LogP contribution is 2.36. The second kappa shape index (κ2) is 11.2. The number of nitrogens with zero attached hydrogens (tertiary/aromatic N) is 1. The number of esters is 1. The number of benzene rings is 2. The molecule has 13 heteroatoms. The van der Waals surface area contributed by atoms with Crippen LogP contribution in [-0.2, 0) is 14.3 Å². The number of amides is 3. The number of fused-ring (bicyclic) bond motifs is 1. The predicted octanol–water partition coefficient (Wildman–Crippen LogP) is 2.52. The molecule has 1 atom stereocenters. The molecule has 37 heavy (non-hydrogen) atoms. The quantitative estimate of drug-likeness (QED) is 0.247. The Morgan fingerprint density at radius 3 is 2.68 bits per heavy atom. The van der Waals surface area contributed by atoms with Crippen molar-refractivity contribution in [1.29, 1.82) is 0 Å². The summed E-state index contributed by atoms with van der Waals surface area (Å²) < 4.78 is 27.2. The maximum Gasteiger partial charge on any atom is 0.337 e. The summed E-state index contributed by atoms with van der Waals surface area (Å²) in [4.78, 5) is 36.6. The number of hydrogen-bond acceptors (Lipinski definition) is 9. The number of hydrazone groups is 1. The molecule has 2 aromatic rings. The zero-order valence-corrected chi connectivity index (χ0v) is 21.6. The van der Waals surface area contributed by atoms with Crippen LogP contribution in [-0.4, -0.2) is 51.7 Å². The van der Waals surface area contributed by atoms with E-state index in [4.69, 9.17) is 23.7 Å². The zero-order valence-electron chi connectivity index (χ0n) is 20.0. The van der Waals surface area contributed by atoms with Crippen molar-refractivity contribution in [3.63, 3.8) is 0 Å². The molecule has 12 nitrogen and oxygen atoms in total. The monoisotopic (exact) mass is 574 g/mol.